The van der Waals surface area contributed by atoms with Gasteiger partial charge < -0.3 is 9.53 Å². The second-order valence-corrected chi connectivity index (χ2v) is 3.84. The van der Waals surface area contributed by atoms with Gasteiger partial charge in [-0.05, 0) is 18.8 Å². The fourth-order valence-corrected chi connectivity index (χ4v) is 2.50. The highest BCUT2D eigenvalue weighted by molar-refractivity contribution is 5.94. The van der Waals surface area contributed by atoms with Crippen molar-refractivity contribution >= 4 is 12.3 Å². The molecule has 70 valence electrons. The minimum absolute atomic E-state index is 0.0717. The second-order valence-electron chi connectivity index (χ2n) is 3.84. The zero-order valence-electron chi connectivity index (χ0n) is 7.53. The Morgan fingerprint density at radius 3 is 2.77 bits per heavy atom. The van der Waals surface area contributed by atoms with Crippen LogP contribution >= 0.6 is 0 Å². The van der Waals surface area contributed by atoms with Crippen LogP contribution in [-0.2, 0) is 14.3 Å². The third kappa shape index (κ3) is 0.961. The first-order valence-electron chi connectivity index (χ1n) is 4.46. The van der Waals surface area contributed by atoms with Crippen molar-refractivity contribution in [3.8, 4) is 0 Å². The van der Waals surface area contributed by atoms with E-state index in [0.29, 0.717) is 12.3 Å². The van der Waals surface area contributed by atoms with Crippen molar-refractivity contribution < 1.29 is 14.3 Å². The van der Waals surface area contributed by atoms with E-state index in [2.05, 4.69) is 10.8 Å². The number of fused-ring (bicyclic) bond motifs is 2. The highest BCUT2D eigenvalue weighted by atomic mass is 16.5. The molecule has 0 aromatic heterocycles. The lowest BCUT2D eigenvalue weighted by atomic mass is 9.77. The van der Waals surface area contributed by atoms with Crippen LogP contribution in [0.2, 0.25) is 0 Å². The maximum absolute atomic E-state index is 11.5. The van der Waals surface area contributed by atoms with Crippen molar-refractivity contribution in [2.75, 3.05) is 7.11 Å². The predicted molar refractivity (Wildman–Crippen MR) is 45.9 cm³/mol. The van der Waals surface area contributed by atoms with Crippen LogP contribution < -0.4 is 0 Å². The molecule has 1 saturated carbocycles. The van der Waals surface area contributed by atoms with Gasteiger partial charge in [0.2, 0.25) is 0 Å². The van der Waals surface area contributed by atoms with Gasteiger partial charge in [0.1, 0.15) is 11.7 Å². The molecule has 3 atom stereocenters. The number of carbonyl (C=O) groups is 2. The molecule has 0 aliphatic heterocycles. The summed E-state index contributed by atoms with van der Waals surface area (Å²) in [5, 5.41) is 0. The molecule has 2 rings (SSSR count). The highest BCUT2D eigenvalue weighted by Crippen LogP contribution is 2.51. The number of allylic oxidation sites excluding steroid dienone is 2. The Kier molecular flexibility index (Phi) is 1.75. The Hall–Kier alpha value is -1.12. The molecule has 3 nitrogen and oxygen atoms in total. The summed E-state index contributed by atoms with van der Waals surface area (Å²) in [6.45, 7) is 0. The van der Waals surface area contributed by atoms with Crippen LogP contribution in [0.3, 0.4) is 0 Å². The first-order chi connectivity index (χ1) is 6.23. The van der Waals surface area contributed by atoms with Gasteiger partial charge in [0, 0.05) is 5.92 Å². The van der Waals surface area contributed by atoms with Crippen LogP contribution in [0.1, 0.15) is 12.8 Å². The smallest absolute Gasteiger partial charge is 0.319 e. The summed E-state index contributed by atoms with van der Waals surface area (Å²) in [6, 6.07) is 0. The van der Waals surface area contributed by atoms with E-state index in [0.717, 1.165) is 12.7 Å². The van der Waals surface area contributed by atoms with Crippen LogP contribution in [-0.4, -0.2) is 19.4 Å². The van der Waals surface area contributed by atoms with Crippen molar-refractivity contribution in [3.63, 3.8) is 0 Å². The van der Waals surface area contributed by atoms with Crippen LogP contribution in [0.15, 0.2) is 12.2 Å². The van der Waals surface area contributed by atoms with Crippen molar-refractivity contribution in [3.05, 3.63) is 12.2 Å². The highest BCUT2D eigenvalue weighted by Gasteiger charge is 2.54. The van der Waals surface area contributed by atoms with Gasteiger partial charge in [0.15, 0.2) is 0 Å². The van der Waals surface area contributed by atoms with E-state index in [1.54, 1.807) is 0 Å². The third-order valence-corrected chi connectivity index (χ3v) is 3.21. The minimum atomic E-state index is -0.867. The van der Waals surface area contributed by atoms with Crippen LogP contribution in [0.25, 0.3) is 0 Å². The topological polar surface area (TPSA) is 43.4 Å². The summed E-state index contributed by atoms with van der Waals surface area (Å²) >= 11 is 0. The summed E-state index contributed by atoms with van der Waals surface area (Å²) in [7, 11) is 1.34. The number of ether oxygens (including phenoxy) is 1. The first-order valence-corrected chi connectivity index (χ1v) is 4.46. The van der Waals surface area contributed by atoms with Gasteiger partial charge in [-0.25, -0.2) is 0 Å². The molecule has 0 aromatic rings. The number of hydrogen-bond donors (Lipinski definition) is 0. The standard InChI is InChI=1S/C10H12O3/c1-13-9(12)10(6-11)5-7-2-3-8(10)4-7/h2-3,6-8H,4-5H2,1H3/t7-,8+,10-/m1/s1. The number of hydrogen-bond acceptors (Lipinski definition) is 3. The number of carbonyl (C=O) groups excluding carboxylic acids is 2. The molecule has 2 aliphatic carbocycles. The van der Waals surface area contributed by atoms with Gasteiger partial charge in [-0.1, -0.05) is 12.2 Å². The normalized spacial score (nSPS) is 40.7. The molecule has 0 spiro atoms. The van der Waals surface area contributed by atoms with Crippen molar-refractivity contribution in [1.29, 1.82) is 0 Å². The van der Waals surface area contributed by atoms with Gasteiger partial charge in [-0.3, -0.25) is 4.79 Å². The summed E-state index contributed by atoms with van der Waals surface area (Å²) in [4.78, 5) is 22.5. The molecule has 0 unspecified atom stereocenters. The van der Waals surface area contributed by atoms with Crippen molar-refractivity contribution in [2.24, 2.45) is 17.3 Å². The van der Waals surface area contributed by atoms with Gasteiger partial charge >= 0.3 is 5.97 Å². The number of methoxy groups -OCH3 is 1. The average molecular weight is 180 g/mol. The Morgan fingerprint density at radius 1 is 1.62 bits per heavy atom. The predicted octanol–water partition coefficient (Wildman–Crippen LogP) is 0.941. The number of rotatable bonds is 2. The summed E-state index contributed by atoms with van der Waals surface area (Å²) < 4.78 is 4.68. The molecule has 0 saturated heterocycles. The van der Waals surface area contributed by atoms with E-state index in [-0.39, 0.29) is 11.9 Å². The Morgan fingerprint density at radius 2 is 2.38 bits per heavy atom. The van der Waals surface area contributed by atoms with E-state index in [9.17, 15) is 9.59 Å². The van der Waals surface area contributed by atoms with Crippen LogP contribution in [0, 0.1) is 17.3 Å². The molecular formula is C10H12O3. The lowest BCUT2D eigenvalue weighted by Gasteiger charge is -2.26. The molecule has 0 aromatic carbocycles. The summed E-state index contributed by atoms with van der Waals surface area (Å²) in [5.74, 6) is 0.0936. The van der Waals surface area contributed by atoms with Crippen molar-refractivity contribution in [2.45, 2.75) is 12.8 Å². The van der Waals surface area contributed by atoms with Gasteiger partial charge in [0.05, 0.1) is 7.11 Å². The largest absolute Gasteiger partial charge is 0.468 e. The van der Waals surface area contributed by atoms with Gasteiger partial charge in [0.25, 0.3) is 0 Å². The zero-order valence-corrected chi connectivity index (χ0v) is 7.53. The number of esters is 1. The molecule has 0 radical (unpaired) electrons. The number of aldehydes is 1. The Bertz CT molecular complexity index is 282. The molecule has 2 bridgehead atoms. The fourth-order valence-electron chi connectivity index (χ4n) is 2.50. The fraction of sp³-hybridized carbons (Fsp3) is 0.600. The van der Waals surface area contributed by atoms with E-state index in [4.69, 9.17) is 0 Å². The molecule has 13 heavy (non-hydrogen) atoms. The molecule has 2 aliphatic rings. The van der Waals surface area contributed by atoms with Gasteiger partial charge in [-0.2, -0.15) is 0 Å². The second kappa shape index (κ2) is 2.69. The van der Waals surface area contributed by atoms with Gasteiger partial charge in [-0.15, -0.1) is 0 Å². The SMILES string of the molecule is COC(=O)[C@@]1(C=O)C[C@@H]2C=C[C@H]1C2. The Labute approximate surface area is 76.8 Å². The van der Waals surface area contributed by atoms with E-state index >= 15 is 0 Å². The lowest BCUT2D eigenvalue weighted by Crippen LogP contribution is -2.37. The molecular weight excluding hydrogens is 168 g/mol. The zero-order chi connectivity index (χ0) is 9.47. The first kappa shape index (κ1) is 8.48. The molecule has 1 fully saturated rings. The van der Waals surface area contributed by atoms with E-state index in [1.807, 2.05) is 6.08 Å². The summed E-state index contributed by atoms with van der Waals surface area (Å²) in [6.07, 6.45) is 6.39. The summed E-state index contributed by atoms with van der Waals surface area (Å²) in [5.41, 5.74) is -0.867. The third-order valence-electron chi connectivity index (χ3n) is 3.21. The van der Waals surface area contributed by atoms with Crippen molar-refractivity contribution in [1.82, 2.24) is 0 Å². The molecule has 3 heteroatoms. The minimum Gasteiger partial charge on any atom is -0.468 e. The maximum atomic E-state index is 11.5. The van der Waals surface area contributed by atoms with Crippen LogP contribution in [0.5, 0.6) is 0 Å². The van der Waals surface area contributed by atoms with Crippen LogP contribution in [0.4, 0.5) is 0 Å². The quantitative estimate of drug-likeness (QED) is 0.275. The van der Waals surface area contributed by atoms with E-state index < -0.39 is 5.41 Å². The Balaban J connectivity index is 2.32. The monoisotopic (exact) mass is 180 g/mol. The molecule has 0 heterocycles. The molecule has 0 N–H and O–H groups in total. The maximum Gasteiger partial charge on any atom is 0.319 e. The lowest BCUT2D eigenvalue weighted by molar-refractivity contribution is -0.156. The average Bonchev–Trinajstić information content (AvgIpc) is 2.75. The van der Waals surface area contributed by atoms with E-state index in [1.165, 1.54) is 7.11 Å². The molecule has 0 amide bonds.